The lowest BCUT2D eigenvalue weighted by Crippen LogP contribution is -2.36. The molecule has 0 radical (unpaired) electrons. The van der Waals surface area contributed by atoms with Crippen molar-refractivity contribution in [3.05, 3.63) is 41.5 Å². The molecule has 1 rings (SSSR count). The molecule has 0 aliphatic rings. The molecule has 0 unspecified atom stereocenters. The van der Waals surface area contributed by atoms with Gasteiger partial charge in [-0.3, -0.25) is 0 Å². The molecule has 98 valence electrons. The van der Waals surface area contributed by atoms with E-state index in [2.05, 4.69) is 18.0 Å². The van der Waals surface area contributed by atoms with Crippen molar-refractivity contribution in [3.8, 4) is 0 Å². The zero-order valence-corrected chi connectivity index (χ0v) is 11.7. The van der Waals surface area contributed by atoms with Gasteiger partial charge in [0.1, 0.15) is 0 Å². The highest BCUT2D eigenvalue weighted by Crippen LogP contribution is 2.16. The monoisotopic (exact) mass is 246 g/mol. The average molecular weight is 246 g/mol. The zero-order valence-electron chi connectivity index (χ0n) is 11.7. The number of carbonyl (C=O) groups is 1. The Hall–Kier alpha value is -1.77. The van der Waals surface area contributed by atoms with E-state index < -0.39 is 0 Å². The Morgan fingerprint density at radius 1 is 1.39 bits per heavy atom. The summed E-state index contributed by atoms with van der Waals surface area (Å²) < 4.78 is 0. The lowest BCUT2D eigenvalue weighted by Gasteiger charge is -2.22. The van der Waals surface area contributed by atoms with E-state index in [1.54, 1.807) is 4.90 Å². The van der Waals surface area contributed by atoms with E-state index >= 15 is 0 Å². The number of amides is 2. The van der Waals surface area contributed by atoms with Gasteiger partial charge < -0.3 is 10.2 Å². The maximum absolute atomic E-state index is 12.1. The summed E-state index contributed by atoms with van der Waals surface area (Å²) in [5.41, 5.74) is 4.12. The van der Waals surface area contributed by atoms with E-state index in [1.807, 2.05) is 39.8 Å². The first-order valence-electron chi connectivity index (χ1n) is 6.21. The predicted molar refractivity (Wildman–Crippen MR) is 77.0 cm³/mol. The first-order valence-corrected chi connectivity index (χ1v) is 6.21. The molecule has 0 aliphatic carbocycles. The highest BCUT2D eigenvalue weighted by molar-refractivity contribution is 5.90. The Bertz CT molecular complexity index is 452. The minimum Gasteiger partial charge on any atom is -0.321 e. The third-order valence-corrected chi connectivity index (χ3v) is 2.75. The molecule has 1 aromatic carbocycles. The number of nitrogens with zero attached hydrogens (tertiary/aromatic N) is 1. The minimum absolute atomic E-state index is 0.0764. The molecular formula is C15H22N2O. The van der Waals surface area contributed by atoms with E-state index in [0.717, 1.165) is 16.8 Å². The molecule has 18 heavy (non-hydrogen) atoms. The second-order valence-corrected chi connectivity index (χ2v) is 4.72. The van der Waals surface area contributed by atoms with Crippen LogP contribution in [0.15, 0.2) is 30.4 Å². The van der Waals surface area contributed by atoms with Crippen LogP contribution in [0.4, 0.5) is 10.5 Å². The van der Waals surface area contributed by atoms with Crippen molar-refractivity contribution in [2.45, 2.75) is 27.7 Å². The van der Waals surface area contributed by atoms with Crippen LogP contribution in [0.25, 0.3) is 0 Å². The van der Waals surface area contributed by atoms with E-state index in [4.69, 9.17) is 0 Å². The summed E-state index contributed by atoms with van der Waals surface area (Å²) in [4.78, 5) is 13.8. The molecule has 0 spiro atoms. The second kappa shape index (κ2) is 6.24. The number of urea groups is 1. The van der Waals surface area contributed by atoms with Crippen LogP contribution in [0.5, 0.6) is 0 Å². The molecule has 3 heteroatoms. The molecule has 0 aromatic heterocycles. The Morgan fingerprint density at radius 2 is 2.06 bits per heavy atom. The van der Waals surface area contributed by atoms with Crippen molar-refractivity contribution in [1.82, 2.24) is 4.90 Å². The largest absolute Gasteiger partial charge is 0.322 e. The number of rotatable bonds is 4. The SMILES string of the molecule is C=C(C)CN(CC)C(=O)Nc1ccc(C)cc1C. The van der Waals surface area contributed by atoms with Gasteiger partial charge in [0.2, 0.25) is 0 Å². The van der Waals surface area contributed by atoms with Gasteiger partial charge in [0, 0.05) is 18.8 Å². The van der Waals surface area contributed by atoms with Gasteiger partial charge in [0.25, 0.3) is 0 Å². The smallest absolute Gasteiger partial charge is 0.321 e. The van der Waals surface area contributed by atoms with Crippen LogP contribution < -0.4 is 5.32 Å². The highest BCUT2D eigenvalue weighted by Gasteiger charge is 2.12. The van der Waals surface area contributed by atoms with Crippen LogP contribution in [0.3, 0.4) is 0 Å². The number of benzene rings is 1. The van der Waals surface area contributed by atoms with E-state index in [0.29, 0.717) is 13.1 Å². The van der Waals surface area contributed by atoms with E-state index in [9.17, 15) is 4.79 Å². The summed E-state index contributed by atoms with van der Waals surface area (Å²) in [5, 5.41) is 2.94. The van der Waals surface area contributed by atoms with Gasteiger partial charge in [0.05, 0.1) is 0 Å². The normalized spacial score (nSPS) is 10.0. The van der Waals surface area contributed by atoms with Gasteiger partial charge in [-0.25, -0.2) is 4.79 Å². The van der Waals surface area contributed by atoms with E-state index in [-0.39, 0.29) is 6.03 Å². The number of anilines is 1. The number of hydrogen-bond acceptors (Lipinski definition) is 1. The molecule has 0 bridgehead atoms. The van der Waals surface area contributed by atoms with Gasteiger partial charge in [-0.1, -0.05) is 29.8 Å². The van der Waals surface area contributed by atoms with Crippen molar-refractivity contribution >= 4 is 11.7 Å². The Balaban J connectivity index is 2.76. The van der Waals surface area contributed by atoms with Crippen LogP contribution in [0.1, 0.15) is 25.0 Å². The summed E-state index contributed by atoms with van der Waals surface area (Å²) in [6.45, 7) is 13.0. The number of hydrogen-bond donors (Lipinski definition) is 1. The fraction of sp³-hybridized carbons (Fsp3) is 0.400. The Kier molecular flexibility index (Phi) is 4.95. The van der Waals surface area contributed by atoms with Crippen molar-refractivity contribution in [2.75, 3.05) is 18.4 Å². The summed E-state index contributed by atoms with van der Waals surface area (Å²) in [7, 11) is 0. The molecule has 0 fully saturated rings. The number of nitrogens with one attached hydrogen (secondary N) is 1. The maximum atomic E-state index is 12.1. The summed E-state index contributed by atoms with van der Waals surface area (Å²) in [5.74, 6) is 0. The Morgan fingerprint density at radius 3 is 2.56 bits per heavy atom. The lowest BCUT2D eigenvalue weighted by molar-refractivity contribution is 0.218. The van der Waals surface area contributed by atoms with Crippen LogP contribution in [-0.2, 0) is 0 Å². The third kappa shape index (κ3) is 3.91. The molecule has 1 N–H and O–H groups in total. The predicted octanol–water partition coefficient (Wildman–Crippen LogP) is 3.73. The van der Waals surface area contributed by atoms with Gasteiger partial charge in [-0.05, 0) is 39.3 Å². The third-order valence-electron chi connectivity index (χ3n) is 2.75. The highest BCUT2D eigenvalue weighted by atomic mass is 16.2. The van der Waals surface area contributed by atoms with Crippen molar-refractivity contribution in [2.24, 2.45) is 0 Å². The van der Waals surface area contributed by atoms with Crippen molar-refractivity contribution < 1.29 is 4.79 Å². The lowest BCUT2D eigenvalue weighted by atomic mass is 10.1. The first kappa shape index (κ1) is 14.3. The van der Waals surface area contributed by atoms with Crippen LogP contribution >= 0.6 is 0 Å². The molecule has 3 nitrogen and oxygen atoms in total. The fourth-order valence-corrected chi connectivity index (χ4v) is 1.80. The topological polar surface area (TPSA) is 32.3 Å². The van der Waals surface area contributed by atoms with Gasteiger partial charge in [0.15, 0.2) is 0 Å². The number of carbonyl (C=O) groups excluding carboxylic acids is 1. The molecule has 0 aliphatic heterocycles. The Labute approximate surface area is 109 Å². The van der Waals surface area contributed by atoms with Crippen LogP contribution in [-0.4, -0.2) is 24.0 Å². The molecule has 0 saturated carbocycles. The zero-order chi connectivity index (χ0) is 13.7. The second-order valence-electron chi connectivity index (χ2n) is 4.72. The number of aryl methyl sites for hydroxylation is 2. The van der Waals surface area contributed by atoms with Crippen molar-refractivity contribution in [1.29, 1.82) is 0 Å². The summed E-state index contributed by atoms with van der Waals surface area (Å²) in [6.07, 6.45) is 0. The van der Waals surface area contributed by atoms with Crippen LogP contribution in [0, 0.1) is 13.8 Å². The molecule has 0 saturated heterocycles. The number of likely N-dealkylation sites (N-methyl/N-ethyl adjacent to an activating group) is 1. The fourth-order valence-electron chi connectivity index (χ4n) is 1.80. The first-order chi connectivity index (χ1) is 8.43. The van der Waals surface area contributed by atoms with E-state index in [1.165, 1.54) is 5.56 Å². The summed E-state index contributed by atoms with van der Waals surface area (Å²) >= 11 is 0. The van der Waals surface area contributed by atoms with Gasteiger partial charge >= 0.3 is 6.03 Å². The summed E-state index contributed by atoms with van der Waals surface area (Å²) in [6, 6.07) is 5.92. The molecule has 0 atom stereocenters. The van der Waals surface area contributed by atoms with Gasteiger partial charge in [-0.15, -0.1) is 0 Å². The average Bonchev–Trinajstić information content (AvgIpc) is 2.29. The minimum atomic E-state index is -0.0764. The standard InChI is InChI=1S/C15H22N2O/c1-6-17(10-11(2)3)15(18)16-14-8-7-12(4)9-13(14)5/h7-9H,2,6,10H2,1,3-5H3,(H,16,18). The molecule has 2 amide bonds. The maximum Gasteiger partial charge on any atom is 0.322 e. The van der Waals surface area contributed by atoms with Gasteiger partial charge in [-0.2, -0.15) is 0 Å². The quantitative estimate of drug-likeness (QED) is 0.807. The van der Waals surface area contributed by atoms with Crippen molar-refractivity contribution in [3.63, 3.8) is 0 Å². The van der Waals surface area contributed by atoms with Crippen LogP contribution in [0.2, 0.25) is 0 Å². The molecular weight excluding hydrogens is 224 g/mol. The molecule has 0 heterocycles. The molecule has 1 aromatic rings.